The maximum atomic E-state index is 12.3. The fourth-order valence-corrected chi connectivity index (χ4v) is 4.68. The monoisotopic (exact) mass is 509 g/mol. The Bertz CT molecular complexity index is 1030. The van der Waals surface area contributed by atoms with Crippen LogP contribution in [0.15, 0.2) is 33.7 Å². The van der Waals surface area contributed by atoms with Gasteiger partial charge in [-0.25, -0.2) is 4.79 Å². The number of rotatable bonds is 9. The van der Waals surface area contributed by atoms with Crippen molar-refractivity contribution >= 4 is 7.60 Å². The predicted molar refractivity (Wildman–Crippen MR) is 113 cm³/mol. The molecule has 0 bridgehead atoms. The first kappa shape index (κ1) is 26.8. The van der Waals surface area contributed by atoms with Crippen LogP contribution in [0.3, 0.4) is 0 Å². The van der Waals surface area contributed by atoms with Gasteiger partial charge in [-0.3, -0.25) is 18.9 Å². The molecular formula is C18H28N3O12P. The van der Waals surface area contributed by atoms with Gasteiger partial charge in [0.2, 0.25) is 0 Å². The first-order valence-electron chi connectivity index (χ1n) is 10.3. The van der Waals surface area contributed by atoms with Crippen molar-refractivity contribution in [3.8, 4) is 0 Å². The van der Waals surface area contributed by atoms with Crippen molar-refractivity contribution in [3.63, 3.8) is 0 Å². The Labute approximate surface area is 192 Å². The zero-order chi connectivity index (χ0) is 25.2. The van der Waals surface area contributed by atoms with Crippen molar-refractivity contribution in [2.75, 3.05) is 13.2 Å². The average molecular weight is 509 g/mol. The van der Waals surface area contributed by atoms with Crippen molar-refractivity contribution in [2.24, 2.45) is 0 Å². The van der Waals surface area contributed by atoms with Crippen LogP contribution in [0.5, 0.6) is 0 Å². The molecule has 15 nitrogen and oxygen atoms in total. The van der Waals surface area contributed by atoms with Gasteiger partial charge in [0.25, 0.3) is 5.56 Å². The predicted octanol–water partition coefficient (Wildman–Crippen LogP) is -4.32. The maximum absolute atomic E-state index is 12.3. The fraction of sp³-hybridized carbons (Fsp3) is 0.667. The number of aliphatic hydroxyl groups is 6. The van der Waals surface area contributed by atoms with E-state index in [4.69, 9.17) is 14.4 Å². The maximum Gasteiger partial charge on any atom is 0.351 e. The molecule has 1 aromatic rings. The largest absolute Gasteiger partial charge is 0.394 e. The van der Waals surface area contributed by atoms with E-state index in [0.29, 0.717) is 0 Å². The Balaban J connectivity index is 1.55. The van der Waals surface area contributed by atoms with Crippen LogP contribution in [0.4, 0.5) is 0 Å². The Morgan fingerprint density at radius 3 is 2.53 bits per heavy atom. The third kappa shape index (κ3) is 5.90. The van der Waals surface area contributed by atoms with Crippen LogP contribution in [0.2, 0.25) is 0 Å². The third-order valence-corrected chi connectivity index (χ3v) is 6.81. The number of H-pyrrole nitrogens is 1. The quantitative estimate of drug-likeness (QED) is 0.143. The summed E-state index contributed by atoms with van der Waals surface area (Å²) >= 11 is 0. The van der Waals surface area contributed by atoms with Crippen LogP contribution >= 0.6 is 7.60 Å². The minimum Gasteiger partial charge on any atom is -0.394 e. The molecule has 3 rings (SSSR count). The molecule has 9 N–H and O–H groups in total. The van der Waals surface area contributed by atoms with Gasteiger partial charge in [0.05, 0.1) is 37.6 Å². The number of hydrogen-bond acceptors (Lipinski definition) is 12. The summed E-state index contributed by atoms with van der Waals surface area (Å²) in [5, 5.41) is 61.7. The highest BCUT2D eigenvalue weighted by atomic mass is 31.2. The topological polar surface area (TPSA) is 244 Å². The fourth-order valence-electron chi connectivity index (χ4n) is 3.84. The van der Waals surface area contributed by atoms with Gasteiger partial charge >= 0.3 is 13.3 Å². The SMILES string of the molecule is O=c1ccn([C@@H]2O[C@H](COP(=O)(O)/C=C/C[C@H]3N[C@@H]([C@H](O)CO)[C@H](O)[C@H]3O)[C@@H](O)[C@H]2O)c(=O)[nH]1. The van der Waals surface area contributed by atoms with Gasteiger partial charge in [-0.1, -0.05) is 6.08 Å². The summed E-state index contributed by atoms with van der Waals surface area (Å²) in [7, 11) is -4.36. The van der Waals surface area contributed by atoms with E-state index < -0.39 is 87.0 Å². The van der Waals surface area contributed by atoms with Gasteiger partial charge < -0.3 is 50.1 Å². The third-order valence-electron chi connectivity index (χ3n) is 5.71. The van der Waals surface area contributed by atoms with Crippen LogP contribution in [0.25, 0.3) is 0 Å². The number of nitrogens with one attached hydrogen (secondary N) is 2. The lowest BCUT2D eigenvalue weighted by atomic mass is 10.0. The minimum absolute atomic E-state index is 0.0285. The van der Waals surface area contributed by atoms with Crippen LogP contribution in [0.1, 0.15) is 12.6 Å². The molecule has 2 saturated heterocycles. The summed E-state index contributed by atoms with van der Waals surface area (Å²) in [6.45, 7) is -1.26. The molecule has 0 aromatic carbocycles. The molecule has 0 aliphatic carbocycles. The number of aliphatic hydroxyl groups excluding tert-OH is 6. The highest BCUT2D eigenvalue weighted by molar-refractivity contribution is 7.56. The van der Waals surface area contributed by atoms with Crippen molar-refractivity contribution in [1.82, 2.24) is 14.9 Å². The second-order valence-corrected chi connectivity index (χ2v) is 9.76. The van der Waals surface area contributed by atoms with E-state index in [9.17, 15) is 44.6 Å². The van der Waals surface area contributed by atoms with E-state index >= 15 is 0 Å². The second kappa shape index (κ2) is 10.9. The summed E-state index contributed by atoms with van der Waals surface area (Å²) in [6, 6.07) is -0.739. The smallest absolute Gasteiger partial charge is 0.351 e. The lowest BCUT2D eigenvalue weighted by molar-refractivity contribution is -0.0522. The van der Waals surface area contributed by atoms with Gasteiger partial charge in [-0.05, 0) is 6.42 Å². The molecule has 2 fully saturated rings. The van der Waals surface area contributed by atoms with Gasteiger partial charge in [0, 0.05) is 24.1 Å². The van der Waals surface area contributed by atoms with Crippen molar-refractivity contribution < 1.29 is 49.4 Å². The van der Waals surface area contributed by atoms with Crippen molar-refractivity contribution in [1.29, 1.82) is 0 Å². The van der Waals surface area contributed by atoms with E-state index in [1.54, 1.807) is 0 Å². The average Bonchev–Trinajstić information content (AvgIpc) is 3.22. The number of ether oxygens (including phenoxy) is 1. The molecule has 10 atom stereocenters. The van der Waals surface area contributed by atoms with E-state index in [1.165, 1.54) is 6.08 Å². The van der Waals surface area contributed by atoms with Gasteiger partial charge in [-0.2, -0.15) is 0 Å². The standard InChI is InChI=1S/C18H28N3O12P/c22-6-9(23)12-15(27)13(25)8(19-12)2-1-5-34(30,31)32-7-10-14(26)16(28)17(33-10)21-4-3-11(24)20-18(21)29/h1,3-5,8-10,12-17,19,22-23,25-28H,2,6-7H2,(H,30,31)(H,20,24,29)/b5-1+/t8-,9-,10-,12+,13+,14-,15+,16-,17-/m1/s1. The molecule has 3 heterocycles. The second-order valence-electron chi connectivity index (χ2n) is 8.07. The first-order chi connectivity index (χ1) is 15.9. The molecule has 1 aromatic heterocycles. The first-order valence-corrected chi connectivity index (χ1v) is 12.0. The van der Waals surface area contributed by atoms with Gasteiger partial charge in [0.15, 0.2) is 6.23 Å². The van der Waals surface area contributed by atoms with E-state index in [0.717, 1.165) is 22.6 Å². The summed E-state index contributed by atoms with van der Waals surface area (Å²) in [4.78, 5) is 35.1. The highest BCUT2D eigenvalue weighted by Crippen LogP contribution is 2.45. The molecule has 192 valence electrons. The van der Waals surface area contributed by atoms with E-state index in [-0.39, 0.29) is 6.42 Å². The normalized spacial score (nSPS) is 36.7. The van der Waals surface area contributed by atoms with Crippen LogP contribution in [0, 0.1) is 0 Å². The summed E-state index contributed by atoms with van der Waals surface area (Å²) in [6.07, 6.45) is -7.51. The molecular weight excluding hydrogens is 481 g/mol. The number of aromatic nitrogens is 2. The molecule has 1 unspecified atom stereocenters. The Morgan fingerprint density at radius 1 is 1.18 bits per heavy atom. The summed E-state index contributed by atoms with van der Waals surface area (Å²) in [5.41, 5.74) is -1.56. The molecule has 0 amide bonds. The molecule has 2 aliphatic rings. The Kier molecular flexibility index (Phi) is 8.60. The van der Waals surface area contributed by atoms with Crippen molar-refractivity contribution in [3.05, 3.63) is 45.0 Å². The molecule has 0 radical (unpaired) electrons. The Hall–Kier alpha value is -1.75. The lowest BCUT2D eigenvalue weighted by Crippen LogP contribution is -2.45. The van der Waals surface area contributed by atoms with Crippen LogP contribution < -0.4 is 16.6 Å². The molecule has 0 saturated carbocycles. The number of hydrogen-bond donors (Lipinski definition) is 9. The summed E-state index contributed by atoms with van der Waals surface area (Å²) in [5.74, 6) is 0.825. The van der Waals surface area contributed by atoms with Gasteiger partial charge in [0.1, 0.15) is 18.3 Å². The number of aromatic amines is 1. The lowest BCUT2D eigenvalue weighted by Gasteiger charge is -2.19. The summed E-state index contributed by atoms with van der Waals surface area (Å²) < 4.78 is 23.5. The van der Waals surface area contributed by atoms with Crippen LogP contribution in [-0.4, -0.2) is 107 Å². The van der Waals surface area contributed by atoms with Crippen molar-refractivity contribution in [2.45, 2.75) is 61.4 Å². The minimum atomic E-state index is -4.36. The zero-order valence-electron chi connectivity index (χ0n) is 17.7. The van der Waals surface area contributed by atoms with E-state index in [1.807, 2.05) is 4.98 Å². The zero-order valence-corrected chi connectivity index (χ0v) is 18.6. The number of nitrogens with zero attached hydrogens (tertiary/aromatic N) is 1. The van der Waals surface area contributed by atoms with Crippen LogP contribution in [-0.2, 0) is 13.8 Å². The molecule has 0 spiro atoms. The molecule has 34 heavy (non-hydrogen) atoms. The van der Waals surface area contributed by atoms with E-state index in [2.05, 4.69) is 5.32 Å². The highest BCUT2D eigenvalue weighted by Gasteiger charge is 2.45. The Morgan fingerprint density at radius 2 is 1.88 bits per heavy atom. The molecule has 16 heteroatoms. The van der Waals surface area contributed by atoms with Gasteiger partial charge in [-0.15, -0.1) is 0 Å². The molecule has 2 aliphatic heterocycles.